The predicted molar refractivity (Wildman–Crippen MR) is 76.9 cm³/mol. The molecule has 0 amide bonds. The number of aryl methyl sites for hydroxylation is 1. The predicted octanol–water partition coefficient (Wildman–Crippen LogP) is 2.91. The molecule has 1 aliphatic heterocycles. The number of nitrogens with one attached hydrogen (secondary N) is 1. The van der Waals surface area contributed by atoms with Gasteiger partial charge in [0.25, 0.3) is 5.69 Å². The summed E-state index contributed by atoms with van der Waals surface area (Å²) in [6, 6.07) is 2.04. The fourth-order valence-corrected chi connectivity index (χ4v) is 2.45. The van der Waals surface area contributed by atoms with Gasteiger partial charge in [-0.2, -0.15) is 0 Å². The van der Waals surface area contributed by atoms with Gasteiger partial charge in [-0.1, -0.05) is 13.8 Å². The highest BCUT2D eigenvalue weighted by Gasteiger charge is 2.25. The Bertz CT molecular complexity index is 491. The molecule has 6 heteroatoms. The van der Waals surface area contributed by atoms with Gasteiger partial charge in [0.1, 0.15) is 12.0 Å². The molecule has 0 saturated carbocycles. The minimum atomic E-state index is -0.407. The van der Waals surface area contributed by atoms with Crippen LogP contribution in [0.1, 0.15) is 32.3 Å². The fraction of sp³-hybridized carbons (Fsp3) is 0.643. The first kappa shape index (κ1) is 14.7. The Hall–Kier alpha value is -1.69. The van der Waals surface area contributed by atoms with Gasteiger partial charge in [-0.05, 0) is 31.7 Å². The van der Waals surface area contributed by atoms with Crippen LogP contribution in [0.3, 0.4) is 0 Å². The van der Waals surface area contributed by atoms with Gasteiger partial charge in [-0.15, -0.1) is 0 Å². The third-order valence-corrected chi connectivity index (χ3v) is 3.69. The number of anilines is 1. The average molecular weight is 279 g/mol. The van der Waals surface area contributed by atoms with Crippen LogP contribution in [-0.4, -0.2) is 28.7 Å². The molecule has 1 fully saturated rings. The summed E-state index contributed by atoms with van der Waals surface area (Å²) >= 11 is 0. The molecule has 1 saturated heterocycles. The number of hydrogen-bond donors (Lipinski definition) is 1. The summed E-state index contributed by atoms with van der Waals surface area (Å²) < 4.78 is 5.73. The van der Waals surface area contributed by atoms with Crippen molar-refractivity contribution < 1.29 is 9.66 Å². The quantitative estimate of drug-likeness (QED) is 0.677. The molecule has 0 aromatic carbocycles. The molecule has 0 bridgehead atoms. The molecule has 0 aliphatic carbocycles. The summed E-state index contributed by atoms with van der Waals surface area (Å²) in [6.45, 7) is 6.78. The first-order chi connectivity index (χ1) is 9.47. The van der Waals surface area contributed by atoms with Gasteiger partial charge in [-0.3, -0.25) is 10.1 Å². The number of ether oxygens (including phenoxy) is 1. The van der Waals surface area contributed by atoms with E-state index in [1.807, 2.05) is 0 Å². The topological polar surface area (TPSA) is 77.3 Å². The first-order valence-corrected chi connectivity index (χ1v) is 6.96. The first-order valence-electron chi connectivity index (χ1n) is 6.96. The maximum atomic E-state index is 10.8. The Kier molecular flexibility index (Phi) is 4.54. The molecular weight excluding hydrogens is 258 g/mol. The van der Waals surface area contributed by atoms with Crippen molar-refractivity contribution in [1.82, 2.24) is 4.98 Å². The highest BCUT2D eigenvalue weighted by Crippen LogP contribution is 2.24. The molecule has 1 aromatic heterocycles. The lowest BCUT2D eigenvalue weighted by Crippen LogP contribution is -2.36. The van der Waals surface area contributed by atoms with Crippen molar-refractivity contribution in [3.63, 3.8) is 0 Å². The molecule has 110 valence electrons. The molecular formula is C14H21N3O3. The molecule has 1 aromatic rings. The smallest absolute Gasteiger partial charge is 0.290 e. The van der Waals surface area contributed by atoms with E-state index in [1.54, 1.807) is 13.0 Å². The van der Waals surface area contributed by atoms with Crippen LogP contribution < -0.4 is 5.32 Å². The second-order valence-electron chi connectivity index (χ2n) is 5.63. The maximum absolute atomic E-state index is 10.8. The van der Waals surface area contributed by atoms with E-state index in [-0.39, 0.29) is 11.8 Å². The molecule has 2 atom stereocenters. The number of nitro groups is 1. The number of hydrogen-bond acceptors (Lipinski definition) is 5. The highest BCUT2D eigenvalue weighted by atomic mass is 16.6. The van der Waals surface area contributed by atoms with E-state index < -0.39 is 4.92 Å². The monoisotopic (exact) mass is 279 g/mol. The number of rotatable bonds is 4. The Balaban J connectivity index is 2.03. The van der Waals surface area contributed by atoms with E-state index in [4.69, 9.17) is 4.74 Å². The van der Waals surface area contributed by atoms with Crippen molar-refractivity contribution in [2.24, 2.45) is 5.92 Å². The summed E-state index contributed by atoms with van der Waals surface area (Å²) in [5, 5.41) is 14.1. The Morgan fingerprint density at radius 2 is 2.30 bits per heavy atom. The zero-order valence-corrected chi connectivity index (χ0v) is 12.1. The van der Waals surface area contributed by atoms with Crippen molar-refractivity contribution in [3.05, 3.63) is 27.9 Å². The Morgan fingerprint density at radius 3 is 2.90 bits per heavy atom. The maximum Gasteiger partial charge on any atom is 0.290 e. The van der Waals surface area contributed by atoms with Gasteiger partial charge in [0, 0.05) is 18.2 Å². The minimum Gasteiger partial charge on any atom is -0.378 e. The van der Waals surface area contributed by atoms with Gasteiger partial charge in [0.2, 0.25) is 0 Å². The lowest BCUT2D eigenvalue weighted by molar-refractivity contribution is -0.385. The summed E-state index contributed by atoms with van der Waals surface area (Å²) in [5.74, 6) is 1.19. The van der Waals surface area contributed by atoms with Crippen LogP contribution in [-0.2, 0) is 4.74 Å². The standard InChI is InChI=1S/C14H21N3O3/c1-9(2)13-7-11(4-5-20-13)16-14-6-10(3)12(8-15-14)17(18)19/h6,8-9,11,13H,4-5,7H2,1-3H3,(H,15,16)/t11-,13+/m0/s1. The number of pyridine rings is 1. The molecule has 0 spiro atoms. The lowest BCUT2D eigenvalue weighted by atomic mass is 9.95. The zero-order valence-electron chi connectivity index (χ0n) is 12.1. The van der Waals surface area contributed by atoms with Crippen molar-refractivity contribution in [3.8, 4) is 0 Å². The van der Waals surface area contributed by atoms with E-state index in [9.17, 15) is 10.1 Å². The summed E-state index contributed by atoms with van der Waals surface area (Å²) in [4.78, 5) is 14.5. The highest BCUT2D eigenvalue weighted by molar-refractivity contribution is 5.47. The van der Waals surface area contributed by atoms with E-state index >= 15 is 0 Å². The van der Waals surface area contributed by atoms with E-state index in [2.05, 4.69) is 24.1 Å². The molecule has 0 unspecified atom stereocenters. The van der Waals surface area contributed by atoms with Gasteiger partial charge in [0.15, 0.2) is 0 Å². The fourth-order valence-electron chi connectivity index (χ4n) is 2.45. The summed E-state index contributed by atoms with van der Waals surface area (Å²) in [7, 11) is 0. The van der Waals surface area contributed by atoms with Crippen LogP contribution in [0.15, 0.2) is 12.3 Å². The molecule has 0 radical (unpaired) electrons. The largest absolute Gasteiger partial charge is 0.378 e. The van der Waals surface area contributed by atoms with Crippen molar-refractivity contribution in [2.75, 3.05) is 11.9 Å². The third kappa shape index (κ3) is 3.45. The SMILES string of the molecule is Cc1cc(N[C@H]2CCO[C@@H](C(C)C)C2)ncc1[N+](=O)[O-]. The van der Waals surface area contributed by atoms with Crippen LogP contribution in [0.4, 0.5) is 11.5 Å². The number of nitrogens with zero attached hydrogens (tertiary/aromatic N) is 2. The summed E-state index contributed by atoms with van der Waals surface area (Å²) in [5.41, 5.74) is 0.683. The van der Waals surface area contributed by atoms with Crippen LogP contribution in [0, 0.1) is 23.0 Å². The van der Waals surface area contributed by atoms with Gasteiger partial charge < -0.3 is 10.1 Å². The normalized spacial score (nSPS) is 22.8. The summed E-state index contributed by atoms with van der Waals surface area (Å²) in [6.07, 6.45) is 3.45. The van der Waals surface area contributed by atoms with Crippen molar-refractivity contribution in [2.45, 2.75) is 45.8 Å². The molecule has 1 N–H and O–H groups in total. The zero-order chi connectivity index (χ0) is 14.7. The number of aromatic nitrogens is 1. The van der Waals surface area contributed by atoms with Crippen LogP contribution in [0.2, 0.25) is 0 Å². The Labute approximate surface area is 118 Å². The molecule has 20 heavy (non-hydrogen) atoms. The molecule has 6 nitrogen and oxygen atoms in total. The van der Waals surface area contributed by atoms with E-state index in [1.165, 1.54) is 6.20 Å². The lowest BCUT2D eigenvalue weighted by Gasteiger charge is -2.32. The van der Waals surface area contributed by atoms with Crippen molar-refractivity contribution >= 4 is 11.5 Å². The second-order valence-corrected chi connectivity index (χ2v) is 5.63. The second kappa shape index (κ2) is 6.17. The van der Waals surface area contributed by atoms with Gasteiger partial charge in [-0.25, -0.2) is 4.98 Å². The Morgan fingerprint density at radius 1 is 1.55 bits per heavy atom. The molecule has 2 heterocycles. The van der Waals surface area contributed by atoms with Crippen LogP contribution >= 0.6 is 0 Å². The van der Waals surface area contributed by atoms with E-state index in [0.717, 1.165) is 19.4 Å². The van der Waals surface area contributed by atoms with E-state index in [0.29, 0.717) is 23.3 Å². The molecule has 1 aliphatic rings. The van der Waals surface area contributed by atoms with Gasteiger partial charge >= 0.3 is 0 Å². The average Bonchev–Trinajstić information content (AvgIpc) is 2.38. The van der Waals surface area contributed by atoms with Crippen LogP contribution in [0.25, 0.3) is 0 Å². The third-order valence-electron chi connectivity index (χ3n) is 3.69. The van der Waals surface area contributed by atoms with Crippen molar-refractivity contribution in [1.29, 1.82) is 0 Å². The van der Waals surface area contributed by atoms with Crippen LogP contribution in [0.5, 0.6) is 0 Å². The van der Waals surface area contributed by atoms with Gasteiger partial charge in [0.05, 0.1) is 11.0 Å². The molecule has 2 rings (SSSR count). The minimum absolute atomic E-state index is 0.0579.